The highest BCUT2D eigenvalue weighted by molar-refractivity contribution is 5.65. The number of furan rings is 1. The highest BCUT2D eigenvalue weighted by Gasteiger charge is 2.23. The van der Waals surface area contributed by atoms with E-state index in [0.29, 0.717) is 12.6 Å². The maximum atomic E-state index is 6.04. The number of nitrogens with zero attached hydrogens (tertiary/aromatic N) is 2. The van der Waals surface area contributed by atoms with Gasteiger partial charge in [0, 0.05) is 30.5 Å². The van der Waals surface area contributed by atoms with Crippen molar-refractivity contribution < 1.29 is 9.15 Å². The fraction of sp³-hybridized carbons (Fsp3) is 0.286. The van der Waals surface area contributed by atoms with Gasteiger partial charge in [-0.15, -0.1) is 0 Å². The van der Waals surface area contributed by atoms with Crippen molar-refractivity contribution in [2.24, 2.45) is 0 Å². The van der Waals surface area contributed by atoms with Crippen molar-refractivity contribution in [3.05, 3.63) is 71.9 Å². The van der Waals surface area contributed by atoms with E-state index in [1.165, 1.54) is 16.7 Å². The summed E-state index contributed by atoms with van der Waals surface area (Å²) >= 11 is 0. The van der Waals surface area contributed by atoms with Crippen molar-refractivity contribution in [3.8, 4) is 16.9 Å². The molecule has 4 nitrogen and oxygen atoms in total. The SMILES string of the molecule is Cc1ccc(CN2Cc3cc(-c4ccncc4)ccc3OC[C@@H]2C)o1. The number of fused-ring (bicyclic) bond motifs is 1. The zero-order chi connectivity index (χ0) is 17.2. The third-order valence-electron chi connectivity index (χ3n) is 4.71. The van der Waals surface area contributed by atoms with E-state index in [1.54, 1.807) is 0 Å². The molecule has 2 aromatic heterocycles. The van der Waals surface area contributed by atoms with Crippen LogP contribution in [0.5, 0.6) is 5.75 Å². The fourth-order valence-electron chi connectivity index (χ4n) is 3.24. The Morgan fingerprint density at radius 2 is 1.92 bits per heavy atom. The van der Waals surface area contributed by atoms with Gasteiger partial charge in [-0.3, -0.25) is 9.88 Å². The maximum Gasteiger partial charge on any atom is 0.123 e. The van der Waals surface area contributed by atoms with Crippen LogP contribution in [0, 0.1) is 6.92 Å². The van der Waals surface area contributed by atoms with E-state index in [0.717, 1.165) is 30.4 Å². The van der Waals surface area contributed by atoms with Crippen LogP contribution in [-0.2, 0) is 13.1 Å². The van der Waals surface area contributed by atoms with E-state index in [2.05, 4.69) is 41.1 Å². The first-order valence-corrected chi connectivity index (χ1v) is 8.64. The Hall–Kier alpha value is -2.59. The zero-order valence-corrected chi connectivity index (χ0v) is 14.6. The Kier molecular flexibility index (Phi) is 4.28. The molecule has 3 heterocycles. The summed E-state index contributed by atoms with van der Waals surface area (Å²) in [7, 11) is 0. The zero-order valence-electron chi connectivity index (χ0n) is 14.6. The Balaban J connectivity index is 1.62. The number of ether oxygens (including phenoxy) is 1. The molecule has 0 saturated carbocycles. The quantitative estimate of drug-likeness (QED) is 0.710. The number of hydrogen-bond donors (Lipinski definition) is 0. The first-order valence-electron chi connectivity index (χ1n) is 8.64. The molecule has 0 bridgehead atoms. The van der Waals surface area contributed by atoms with Crippen LogP contribution in [0.1, 0.15) is 24.0 Å². The first kappa shape index (κ1) is 15.9. The molecule has 1 atom stereocenters. The van der Waals surface area contributed by atoms with Crippen molar-refractivity contribution in [1.29, 1.82) is 0 Å². The highest BCUT2D eigenvalue weighted by Crippen LogP contribution is 2.31. The van der Waals surface area contributed by atoms with Crippen molar-refractivity contribution >= 4 is 0 Å². The molecule has 0 spiro atoms. The lowest BCUT2D eigenvalue weighted by Gasteiger charge is -2.24. The van der Waals surface area contributed by atoms with Gasteiger partial charge in [-0.25, -0.2) is 0 Å². The van der Waals surface area contributed by atoms with E-state index < -0.39 is 0 Å². The lowest BCUT2D eigenvalue weighted by atomic mass is 10.0. The molecule has 0 aliphatic carbocycles. The molecule has 4 heteroatoms. The van der Waals surface area contributed by atoms with E-state index in [9.17, 15) is 0 Å². The molecular weight excluding hydrogens is 312 g/mol. The summed E-state index contributed by atoms with van der Waals surface area (Å²) in [6, 6.07) is 14.9. The molecule has 0 N–H and O–H groups in total. The van der Waals surface area contributed by atoms with E-state index in [4.69, 9.17) is 9.15 Å². The van der Waals surface area contributed by atoms with Crippen LogP contribution in [0.15, 0.2) is 59.3 Å². The molecule has 1 aliphatic rings. The number of benzene rings is 1. The average Bonchev–Trinajstić information content (AvgIpc) is 2.98. The number of aromatic nitrogens is 1. The molecule has 1 aromatic carbocycles. The third kappa shape index (κ3) is 3.44. The second-order valence-electron chi connectivity index (χ2n) is 6.64. The lowest BCUT2D eigenvalue weighted by Crippen LogP contribution is -2.34. The van der Waals surface area contributed by atoms with Gasteiger partial charge in [0.05, 0.1) is 6.54 Å². The number of rotatable bonds is 3. The van der Waals surface area contributed by atoms with Crippen LogP contribution < -0.4 is 4.74 Å². The van der Waals surface area contributed by atoms with Crippen molar-refractivity contribution in [1.82, 2.24) is 9.88 Å². The van der Waals surface area contributed by atoms with E-state index >= 15 is 0 Å². The molecule has 1 aliphatic heterocycles. The largest absolute Gasteiger partial charge is 0.492 e. The molecule has 4 rings (SSSR count). The number of pyridine rings is 1. The van der Waals surface area contributed by atoms with Crippen LogP contribution in [0.25, 0.3) is 11.1 Å². The summed E-state index contributed by atoms with van der Waals surface area (Å²) in [5.74, 6) is 2.93. The van der Waals surface area contributed by atoms with Crippen molar-refractivity contribution in [2.45, 2.75) is 33.0 Å². The van der Waals surface area contributed by atoms with E-state index in [-0.39, 0.29) is 0 Å². The standard InChI is InChI=1S/C21H22N2O2/c1-15-14-24-21-6-4-18(17-7-9-22-10-8-17)11-19(21)12-23(15)13-20-5-3-16(2)25-20/h3-11,15H,12-14H2,1-2H3/t15-/m0/s1. The van der Waals surface area contributed by atoms with Gasteiger partial charge in [-0.05, 0) is 61.4 Å². The molecule has 0 amide bonds. The van der Waals surface area contributed by atoms with Crippen LogP contribution in [0.3, 0.4) is 0 Å². The smallest absolute Gasteiger partial charge is 0.123 e. The summed E-state index contributed by atoms with van der Waals surface area (Å²) in [4.78, 5) is 6.50. The molecule has 0 fully saturated rings. The monoisotopic (exact) mass is 334 g/mol. The maximum absolute atomic E-state index is 6.04. The van der Waals surface area contributed by atoms with Crippen LogP contribution in [-0.4, -0.2) is 22.5 Å². The first-order chi connectivity index (χ1) is 12.2. The fourth-order valence-corrected chi connectivity index (χ4v) is 3.24. The molecule has 128 valence electrons. The van der Waals surface area contributed by atoms with Gasteiger partial charge in [0.1, 0.15) is 23.9 Å². The molecule has 3 aromatic rings. The second kappa shape index (κ2) is 6.73. The minimum Gasteiger partial charge on any atom is -0.492 e. The predicted octanol–water partition coefficient (Wildman–Crippen LogP) is 4.43. The normalized spacial score (nSPS) is 17.6. The predicted molar refractivity (Wildman–Crippen MR) is 97.3 cm³/mol. The second-order valence-corrected chi connectivity index (χ2v) is 6.64. The van der Waals surface area contributed by atoms with Crippen molar-refractivity contribution in [3.63, 3.8) is 0 Å². The van der Waals surface area contributed by atoms with Crippen LogP contribution in [0.2, 0.25) is 0 Å². The summed E-state index contributed by atoms with van der Waals surface area (Å²) in [5.41, 5.74) is 3.57. The molecule has 0 unspecified atom stereocenters. The highest BCUT2D eigenvalue weighted by atomic mass is 16.5. The number of hydrogen-bond acceptors (Lipinski definition) is 4. The summed E-state index contributed by atoms with van der Waals surface area (Å²) in [6.45, 7) is 6.49. The molecule has 25 heavy (non-hydrogen) atoms. The Morgan fingerprint density at radius 3 is 2.68 bits per heavy atom. The lowest BCUT2D eigenvalue weighted by molar-refractivity contribution is 0.141. The Bertz CT molecular complexity index is 857. The van der Waals surface area contributed by atoms with Gasteiger partial charge < -0.3 is 9.15 Å². The van der Waals surface area contributed by atoms with Gasteiger partial charge >= 0.3 is 0 Å². The van der Waals surface area contributed by atoms with Gasteiger partial charge in [-0.1, -0.05) is 6.07 Å². The van der Waals surface area contributed by atoms with Gasteiger partial charge in [0.15, 0.2) is 0 Å². The van der Waals surface area contributed by atoms with Gasteiger partial charge in [0.2, 0.25) is 0 Å². The summed E-state index contributed by atoms with van der Waals surface area (Å²) in [6.07, 6.45) is 3.65. The van der Waals surface area contributed by atoms with E-state index in [1.807, 2.05) is 37.5 Å². The number of aryl methyl sites for hydroxylation is 1. The summed E-state index contributed by atoms with van der Waals surface area (Å²) < 4.78 is 11.8. The van der Waals surface area contributed by atoms with Crippen LogP contribution in [0.4, 0.5) is 0 Å². The molecule has 0 radical (unpaired) electrons. The van der Waals surface area contributed by atoms with Crippen LogP contribution >= 0.6 is 0 Å². The van der Waals surface area contributed by atoms with Gasteiger partial charge in [-0.2, -0.15) is 0 Å². The Labute approximate surface area is 148 Å². The minimum atomic E-state index is 0.321. The topological polar surface area (TPSA) is 38.5 Å². The molecule has 0 saturated heterocycles. The average molecular weight is 334 g/mol. The third-order valence-corrected chi connectivity index (χ3v) is 4.71. The van der Waals surface area contributed by atoms with Gasteiger partial charge in [0.25, 0.3) is 0 Å². The Morgan fingerprint density at radius 1 is 1.08 bits per heavy atom. The molecular formula is C21H22N2O2. The van der Waals surface area contributed by atoms with Crippen molar-refractivity contribution in [2.75, 3.05) is 6.61 Å². The minimum absolute atomic E-state index is 0.321. The summed E-state index contributed by atoms with van der Waals surface area (Å²) in [5, 5.41) is 0.